The van der Waals surface area contributed by atoms with Gasteiger partial charge >= 0.3 is 21.2 Å². The summed E-state index contributed by atoms with van der Waals surface area (Å²) in [4.78, 5) is 50.0. The highest BCUT2D eigenvalue weighted by Gasteiger charge is 2.60. The Morgan fingerprint density at radius 2 is 1.42 bits per heavy atom. The van der Waals surface area contributed by atoms with Crippen molar-refractivity contribution in [2.45, 2.75) is 70.2 Å². The van der Waals surface area contributed by atoms with Crippen molar-refractivity contribution in [1.82, 2.24) is 10.4 Å². The standard InChI is InChI=1S/C14H32N2O8P2/c1-3-5-7-9-11-16(12-13(17)18)15-14(25(19,20)21,26(22,23)24)10-8-6-4-2/h15H,3-12H2,1-2H3,(H,17,18)(H2,19,20,21)(H2,22,23,24). The normalized spacial score (nSPS) is 13.3. The molecule has 0 aromatic rings. The maximum Gasteiger partial charge on any atom is 0.359 e. The van der Waals surface area contributed by atoms with Crippen LogP contribution in [0.25, 0.3) is 0 Å². The molecule has 0 rings (SSSR count). The first-order valence-electron chi connectivity index (χ1n) is 8.77. The van der Waals surface area contributed by atoms with E-state index in [9.17, 15) is 33.5 Å². The Labute approximate surface area is 154 Å². The summed E-state index contributed by atoms with van der Waals surface area (Å²) < 4.78 is 24.1. The average Bonchev–Trinajstić information content (AvgIpc) is 2.47. The first-order valence-corrected chi connectivity index (χ1v) is 12.0. The molecule has 0 aliphatic carbocycles. The molecule has 10 nitrogen and oxygen atoms in total. The van der Waals surface area contributed by atoms with Crippen LogP contribution in [0.5, 0.6) is 0 Å². The lowest BCUT2D eigenvalue weighted by molar-refractivity contribution is -0.139. The molecule has 0 aromatic carbocycles. The van der Waals surface area contributed by atoms with E-state index in [0.717, 1.165) is 24.3 Å². The third kappa shape index (κ3) is 8.15. The lowest BCUT2D eigenvalue weighted by Crippen LogP contribution is -2.55. The fourth-order valence-electron chi connectivity index (χ4n) is 2.59. The molecule has 0 amide bonds. The molecule has 0 atom stereocenters. The van der Waals surface area contributed by atoms with Gasteiger partial charge in [0.1, 0.15) is 6.54 Å². The SMILES string of the molecule is CCCCCCN(CC(=O)O)NC(CCCCC)(P(=O)(O)O)P(=O)(O)O. The van der Waals surface area contributed by atoms with Crippen LogP contribution in [-0.2, 0) is 13.9 Å². The predicted octanol–water partition coefficient (Wildman–Crippen LogP) is 2.05. The third-order valence-electron chi connectivity index (χ3n) is 4.04. The Morgan fingerprint density at radius 1 is 0.923 bits per heavy atom. The molecule has 0 bridgehead atoms. The van der Waals surface area contributed by atoms with Crippen molar-refractivity contribution in [3.63, 3.8) is 0 Å². The van der Waals surface area contributed by atoms with Gasteiger partial charge in [-0.1, -0.05) is 52.4 Å². The molecule has 26 heavy (non-hydrogen) atoms. The lowest BCUT2D eigenvalue weighted by atomic mass is 10.2. The van der Waals surface area contributed by atoms with Crippen LogP contribution in [0.2, 0.25) is 0 Å². The summed E-state index contributed by atoms with van der Waals surface area (Å²) in [7, 11) is -10.6. The van der Waals surface area contributed by atoms with Crippen molar-refractivity contribution >= 4 is 21.2 Å². The van der Waals surface area contributed by atoms with Crippen molar-refractivity contribution in [2.24, 2.45) is 0 Å². The first-order chi connectivity index (χ1) is 11.9. The minimum Gasteiger partial charge on any atom is -0.480 e. The van der Waals surface area contributed by atoms with Gasteiger partial charge in [0.2, 0.25) is 5.02 Å². The number of nitrogens with zero attached hydrogens (tertiary/aromatic N) is 1. The van der Waals surface area contributed by atoms with Crippen molar-refractivity contribution < 1.29 is 38.6 Å². The van der Waals surface area contributed by atoms with Crippen molar-refractivity contribution in [3.8, 4) is 0 Å². The van der Waals surface area contributed by atoms with Crippen molar-refractivity contribution in [1.29, 1.82) is 0 Å². The predicted molar refractivity (Wildman–Crippen MR) is 97.4 cm³/mol. The van der Waals surface area contributed by atoms with E-state index >= 15 is 0 Å². The summed E-state index contributed by atoms with van der Waals surface area (Å²) in [6, 6.07) is 0. The maximum atomic E-state index is 12.1. The third-order valence-corrected chi connectivity index (χ3v) is 8.18. The van der Waals surface area contributed by atoms with Crippen LogP contribution in [0.1, 0.15) is 65.2 Å². The van der Waals surface area contributed by atoms with Crippen LogP contribution >= 0.6 is 15.2 Å². The summed E-state index contributed by atoms with van der Waals surface area (Å²) in [5.74, 6) is -1.27. The Kier molecular flexibility index (Phi) is 11.4. The van der Waals surface area contributed by atoms with Crippen LogP contribution < -0.4 is 5.43 Å². The van der Waals surface area contributed by atoms with Gasteiger partial charge in [-0.3, -0.25) is 13.9 Å². The molecule has 0 heterocycles. The Balaban J connectivity index is 5.61. The molecular weight excluding hydrogens is 386 g/mol. The van der Waals surface area contributed by atoms with Crippen LogP contribution in [-0.4, -0.2) is 53.8 Å². The Hall–Kier alpha value is -0.310. The zero-order valence-electron chi connectivity index (χ0n) is 15.4. The minimum atomic E-state index is -5.32. The molecular formula is C14H32N2O8P2. The number of carboxylic acids is 1. The van der Waals surface area contributed by atoms with E-state index < -0.39 is 39.1 Å². The number of nitrogens with one attached hydrogen (secondary N) is 1. The van der Waals surface area contributed by atoms with Gasteiger partial charge in [0.05, 0.1) is 0 Å². The molecule has 0 aromatic heterocycles. The molecule has 0 radical (unpaired) electrons. The smallest absolute Gasteiger partial charge is 0.359 e. The zero-order chi connectivity index (χ0) is 20.4. The van der Waals surface area contributed by atoms with Crippen molar-refractivity contribution in [2.75, 3.05) is 13.1 Å². The quantitative estimate of drug-likeness (QED) is 0.131. The zero-order valence-corrected chi connectivity index (χ0v) is 17.2. The van der Waals surface area contributed by atoms with E-state index in [1.807, 2.05) is 13.8 Å². The molecule has 0 fully saturated rings. The monoisotopic (exact) mass is 418 g/mol. The van der Waals surface area contributed by atoms with Gasteiger partial charge in [-0.15, -0.1) is 0 Å². The topological polar surface area (TPSA) is 168 Å². The highest BCUT2D eigenvalue weighted by atomic mass is 31.2. The van der Waals surface area contributed by atoms with Gasteiger partial charge in [0.25, 0.3) is 0 Å². The van der Waals surface area contributed by atoms with Crippen molar-refractivity contribution in [3.05, 3.63) is 0 Å². The molecule has 12 heteroatoms. The highest BCUT2D eigenvalue weighted by molar-refractivity contribution is 7.72. The number of unbranched alkanes of at least 4 members (excludes halogenated alkanes) is 5. The van der Waals surface area contributed by atoms with Crippen LogP contribution in [0, 0.1) is 0 Å². The van der Waals surface area contributed by atoms with Crippen LogP contribution in [0.4, 0.5) is 0 Å². The second-order valence-electron chi connectivity index (χ2n) is 6.35. The fraction of sp³-hybridized carbons (Fsp3) is 0.929. The van der Waals surface area contributed by atoms with E-state index in [0.29, 0.717) is 19.3 Å². The fourth-order valence-corrected chi connectivity index (χ4v) is 5.39. The second-order valence-corrected chi connectivity index (χ2v) is 10.4. The van der Waals surface area contributed by atoms with E-state index in [4.69, 9.17) is 5.11 Å². The van der Waals surface area contributed by atoms with Gasteiger partial charge in [-0.05, 0) is 12.8 Å². The first kappa shape index (κ1) is 25.7. The van der Waals surface area contributed by atoms with E-state index in [-0.39, 0.29) is 13.0 Å². The highest BCUT2D eigenvalue weighted by Crippen LogP contribution is 2.69. The number of carbonyl (C=O) groups is 1. The van der Waals surface area contributed by atoms with Gasteiger partial charge in [0, 0.05) is 6.54 Å². The molecule has 0 saturated heterocycles. The van der Waals surface area contributed by atoms with Crippen LogP contribution in [0.3, 0.4) is 0 Å². The number of rotatable bonds is 15. The van der Waals surface area contributed by atoms with Gasteiger partial charge < -0.3 is 24.7 Å². The summed E-state index contributed by atoms with van der Waals surface area (Å²) in [5.41, 5.74) is 2.24. The van der Waals surface area contributed by atoms with Gasteiger partial charge in [-0.2, -0.15) is 0 Å². The summed E-state index contributed by atoms with van der Waals surface area (Å²) in [5, 5.41) is 7.20. The molecule has 156 valence electrons. The number of hydrogen-bond acceptors (Lipinski definition) is 5. The number of aliphatic carboxylic acids is 1. The largest absolute Gasteiger partial charge is 0.480 e. The minimum absolute atomic E-state index is 0.0990. The molecule has 0 saturated carbocycles. The molecule has 6 N–H and O–H groups in total. The molecule has 0 unspecified atom stereocenters. The summed E-state index contributed by atoms with van der Waals surface area (Å²) in [6.07, 6.45) is 4.06. The van der Waals surface area contributed by atoms with Gasteiger partial charge in [-0.25, -0.2) is 10.4 Å². The van der Waals surface area contributed by atoms with E-state index in [1.165, 1.54) is 0 Å². The number of hydrogen-bond donors (Lipinski definition) is 6. The van der Waals surface area contributed by atoms with Gasteiger partial charge in [0.15, 0.2) is 0 Å². The number of carboxylic acid groups (broad SMARTS) is 1. The summed E-state index contributed by atoms with van der Waals surface area (Å²) in [6.45, 7) is 3.30. The Morgan fingerprint density at radius 3 is 1.85 bits per heavy atom. The summed E-state index contributed by atoms with van der Waals surface area (Å²) >= 11 is 0. The molecule has 0 aliphatic rings. The second kappa shape index (κ2) is 11.5. The Bertz CT molecular complexity index is 497. The average molecular weight is 418 g/mol. The van der Waals surface area contributed by atoms with Crippen LogP contribution in [0.15, 0.2) is 0 Å². The van der Waals surface area contributed by atoms with E-state index in [2.05, 4.69) is 5.43 Å². The maximum absolute atomic E-state index is 12.1. The lowest BCUT2D eigenvalue weighted by Gasteiger charge is -2.39. The molecule has 0 aliphatic heterocycles. The molecule has 0 spiro atoms. The number of hydrazine groups is 1. The van der Waals surface area contributed by atoms with E-state index in [1.54, 1.807) is 0 Å².